The van der Waals surface area contributed by atoms with Crippen molar-refractivity contribution in [3.05, 3.63) is 0 Å². The van der Waals surface area contributed by atoms with E-state index in [0.29, 0.717) is 38.9 Å². The first-order chi connectivity index (χ1) is 42.8. The molecule has 0 bridgehead atoms. The first-order valence-electron chi connectivity index (χ1n) is 31.5. The molecule has 0 radical (unpaired) electrons. The number of ether oxygens (including phenoxy) is 4. The number of esters is 4. The van der Waals surface area contributed by atoms with Gasteiger partial charge in [-0.1, -0.05) is 196 Å². The number of carbonyl (C=O) groups excluding carboxylic acids is 4. The number of hydrogen-bond donors (Lipinski definition) is 2. The van der Waals surface area contributed by atoms with E-state index in [9.17, 15) is 19.2 Å². The van der Waals surface area contributed by atoms with Gasteiger partial charge in [0.2, 0.25) is 0 Å². The molecule has 12 heteroatoms. The number of rotatable bonds is 38. The Balaban J connectivity index is -0.0000000270. The average molecular weight is 1370 g/mol. The van der Waals surface area contributed by atoms with Crippen LogP contribution in [0, 0.1) is 178 Å². The third-order valence-electron chi connectivity index (χ3n) is 10.8. The first-order valence-corrected chi connectivity index (χ1v) is 31.5. The van der Waals surface area contributed by atoms with Gasteiger partial charge in [-0.15, -0.1) is 0 Å². The van der Waals surface area contributed by atoms with E-state index in [1.54, 1.807) is 13.8 Å². The third kappa shape index (κ3) is 96.3. The monoisotopic (exact) mass is 1370 g/mol. The standard InChI is InChI=1S/C40H19NO4.C32H63NO4.C3H8.C2H6.CH4.BrH.ClH.28H2/c1-3-5-7-9-11-13-15-17-18-20-22-24-26-28-30-34-40(43)45-38-32-36-41-35-31-37-44-39(42)33-29-27-25-23-21-19-16-14-12-10-8-6-4-2;1-3-5-7-9-11-13-15-17-19-21-23-25-31(34)36-29-27-33-28-30-37-32(35)26-24-22-20-18-16-14-12-10-8-6-4-2;1-3-2;1-2;;;;;;;;;;;;;;;;;;;;;;;;;;;;;;;/h41H,31-32,35-38H2,1-2H3;33H,3-30H2,1-2H3;3H2,1-2H3;1-2H3;1H4;30*1H. The van der Waals surface area contributed by atoms with E-state index in [4.69, 9.17) is 18.9 Å². The van der Waals surface area contributed by atoms with Gasteiger partial charge in [-0.3, -0.25) is 9.59 Å². The molecule has 0 aromatic rings. The van der Waals surface area contributed by atoms with Gasteiger partial charge in [0, 0.05) is 77.5 Å². The highest BCUT2D eigenvalue weighted by Crippen LogP contribution is 2.13. The average Bonchev–Trinajstić information content (AvgIpc) is 1.05. The number of hydrogen-bond acceptors (Lipinski definition) is 8. The summed E-state index contributed by atoms with van der Waals surface area (Å²) in [4.78, 5) is 46.8. The molecule has 0 aromatic heterocycles. The lowest BCUT2D eigenvalue weighted by Crippen LogP contribution is -3.00. The number of unbranched alkanes of at least 4 members (excludes halogenated alkanes) is 20. The van der Waals surface area contributed by atoms with Gasteiger partial charge in [-0.05, 0) is 181 Å². The Morgan fingerprint density at radius 1 is 0.311 bits per heavy atom. The number of carbonyl (C=O) groups is 4. The van der Waals surface area contributed by atoms with Gasteiger partial charge < -0.3 is 59.0 Å². The Kier molecular flexibility index (Phi) is 97.9. The molecular weight excluding hydrogens is 1210 g/mol. The van der Waals surface area contributed by atoms with Crippen LogP contribution in [0.3, 0.4) is 0 Å². The van der Waals surface area contributed by atoms with Crippen LogP contribution in [0.2, 0.25) is 0 Å². The zero-order chi connectivity index (χ0) is 64.5. The van der Waals surface area contributed by atoms with E-state index in [1.165, 1.54) is 122 Å². The Bertz CT molecular complexity index is 2950. The van der Waals surface area contributed by atoms with Crippen LogP contribution in [-0.4, -0.2) is 76.5 Å². The minimum Gasteiger partial charge on any atom is -1.00 e. The van der Waals surface area contributed by atoms with E-state index in [2.05, 4.69) is 205 Å². The van der Waals surface area contributed by atoms with E-state index in [1.807, 2.05) is 24.5 Å². The molecule has 0 aromatic carbocycles. The van der Waals surface area contributed by atoms with E-state index in [-0.39, 0.29) is 102 Å². The van der Waals surface area contributed by atoms with Crippen molar-refractivity contribution in [1.82, 2.24) is 0 Å². The molecule has 90 heavy (non-hydrogen) atoms. The maximum absolute atomic E-state index is 11.8. The Morgan fingerprint density at radius 3 is 0.789 bits per heavy atom. The van der Waals surface area contributed by atoms with Gasteiger partial charge in [0.1, 0.15) is 26.3 Å². The quantitative estimate of drug-likeness (QED) is 0.0205. The molecule has 0 aliphatic heterocycles. The number of halogens is 2. The summed E-state index contributed by atoms with van der Waals surface area (Å²) in [5, 5.41) is 4.06. The summed E-state index contributed by atoms with van der Waals surface area (Å²) >= 11 is 0. The fourth-order valence-corrected chi connectivity index (χ4v) is 6.65. The van der Waals surface area contributed by atoms with Crippen molar-refractivity contribution >= 4 is 23.9 Å². The SMILES string of the molecule is C.CC.CC#CC#CC#CC#CC#CC#CC#CC#CC(=O)OCCC[NH2+]CCCOC(=O)C#CC#CC#CC#CC#CC#CC#CC.CCC.CCCCCCCCCCCCCC(=O)OCC[NH2+]CCOC(=O)CCCCCCCCCCCCC.[Br-].[Cl-].[HH].[HH].[HH].[HH].[HH].[HH].[HH].[HH].[HH].[HH].[HH].[HH].[HH].[HH].[HH].[HH].[HH].[HH].[HH].[HH].[HH].[HH].[HH].[HH].[HH].[HH].[HH].[HH]. The minimum atomic E-state index is -0.677. The van der Waals surface area contributed by atoms with Crippen molar-refractivity contribution < 1.29 is 118 Å². The van der Waals surface area contributed by atoms with Crippen molar-refractivity contribution in [2.75, 3.05) is 52.6 Å². The highest BCUT2D eigenvalue weighted by molar-refractivity contribution is 5.89. The second-order valence-electron chi connectivity index (χ2n) is 18.4. The Labute approximate surface area is 606 Å². The molecule has 0 spiro atoms. The van der Waals surface area contributed by atoms with E-state index < -0.39 is 11.9 Å². The predicted molar refractivity (Wildman–Crippen MR) is 420 cm³/mol. The van der Waals surface area contributed by atoms with Crippen LogP contribution in [0.5, 0.6) is 0 Å². The van der Waals surface area contributed by atoms with Crippen LogP contribution in [0.4, 0.5) is 0 Å². The van der Waals surface area contributed by atoms with Crippen molar-refractivity contribution in [2.45, 2.75) is 236 Å². The Morgan fingerprint density at radius 2 is 0.533 bits per heavy atom. The molecule has 0 rings (SSSR count). The van der Waals surface area contributed by atoms with Gasteiger partial charge >= 0.3 is 23.9 Å². The molecule has 0 heterocycles. The summed E-state index contributed by atoms with van der Waals surface area (Å²) in [5.74, 6) is 72.5. The summed E-state index contributed by atoms with van der Waals surface area (Å²) in [6, 6.07) is 0. The van der Waals surface area contributed by atoms with Crippen LogP contribution in [-0.2, 0) is 38.1 Å². The van der Waals surface area contributed by atoms with Gasteiger partial charge in [0.15, 0.2) is 0 Å². The molecule has 10 nitrogen and oxygen atoms in total. The van der Waals surface area contributed by atoms with Crippen molar-refractivity contribution in [3.8, 4) is 178 Å². The van der Waals surface area contributed by atoms with Crippen LogP contribution in [0.1, 0.15) is 276 Å². The molecule has 0 aliphatic carbocycles. The van der Waals surface area contributed by atoms with Gasteiger partial charge in [0.05, 0.1) is 26.3 Å². The highest BCUT2D eigenvalue weighted by Gasteiger charge is 2.06. The summed E-state index contributed by atoms with van der Waals surface area (Å²) < 4.78 is 20.6. The van der Waals surface area contributed by atoms with Crippen LogP contribution < -0.4 is 40.0 Å². The molecule has 542 valence electrons. The number of nitrogens with two attached hydrogens (primary N) is 2. The molecule has 4 N–H and O–H groups in total. The topological polar surface area (TPSA) is 138 Å². The second kappa shape index (κ2) is 92.1. The van der Waals surface area contributed by atoms with Gasteiger partial charge in [0.25, 0.3) is 0 Å². The zero-order valence-electron chi connectivity index (χ0n) is 54.9. The molecule has 0 atom stereocenters. The molecule has 0 aliphatic rings. The fourth-order valence-electron chi connectivity index (χ4n) is 6.65. The van der Waals surface area contributed by atoms with Gasteiger partial charge in [-0.2, -0.15) is 0 Å². The summed E-state index contributed by atoms with van der Waals surface area (Å²) in [6.07, 6.45) is 31.9. The molecular formula is C78H158BrClN2O8. The molecule has 0 fully saturated rings. The van der Waals surface area contributed by atoms with Gasteiger partial charge in [-0.25, -0.2) is 9.59 Å². The maximum Gasteiger partial charge on any atom is 0.385 e. The molecule has 0 saturated heterocycles. The lowest BCUT2D eigenvalue weighted by Gasteiger charge is -2.06. The summed E-state index contributed by atoms with van der Waals surface area (Å²) in [7, 11) is 0. The first kappa shape index (κ1) is 95.6. The van der Waals surface area contributed by atoms with Crippen molar-refractivity contribution in [2.24, 2.45) is 0 Å². The van der Waals surface area contributed by atoms with Crippen molar-refractivity contribution in [3.63, 3.8) is 0 Å². The zero-order valence-corrected chi connectivity index (χ0v) is 57.3. The maximum atomic E-state index is 11.8. The summed E-state index contributed by atoms with van der Waals surface area (Å²) in [6.45, 7) is 20.3. The normalized spacial score (nSPS) is 7.78. The predicted octanol–water partition coefficient (Wildman–Crippen LogP) is 11.5. The number of quaternary nitrogens is 2. The van der Waals surface area contributed by atoms with E-state index >= 15 is 0 Å². The largest absolute Gasteiger partial charge is 1.00 e. The second-order valence-corrected chi connectivity index (χ2v) is 18.4. The Hall–Kier alpha value is -8.03. The van der Waals surface area contributed by atoms with Crippen LogP contribution in [0.25, 0.3) is 0 Å². The van der Waals surface area contributed by atoms with Crippen LogP contribution in [0.15, 0.2) is 0 Å². The lowest BCUT2D eigenvalue weighted by atomic mass is 10.1. The third-order valence-corrected chi connectivity index (χ3v) is 10.8. The summed E-state index contributed by atoms with van der Waals surface area (Å²) in [5.41, 5.74) is 0. The minimum absolute atomic E-state index is 0. The highest BCUT2D eigenvalue weighted by atomic mass is 79.9. The fraction of sp³-hybridized carbons (Fsp3) is 0.564. The molecule has 0 unspecified atom stereocenters. The lowest BCUT2D eigenvalue weighted by molar-refractivity contribution is -0.656. The molecule has 0 amide bonds. The van der Waals surface area contributed by atoms with Crippen molar-refractivity contribution in [1.29, 1.82) is 0 Å². The van der Waals surface area contributed by atoms with E-state index in [0.717, 1.165) is 51.9 Å². The van der Waals surface area contributed by atoms with Crippen LogP contribution >= 0.6 is 0 Å². The molecule has 0 saturated carbocycles. The smallest absolute Gasteiger partial charge is 0.385 e.